The van der Waals surface area contributed by atoms with Crippen LogP contribution >= 0.6 is 0 Å². The van der Waals surface area contributed by atoms with E-state index in [0.717, 1.165) is 19.5 Å². The summed E-state index contributed by atoms with van der Waals surface area (Å²) >= 11 is 0. The maximum atomic E-state index is 10.5. The average molecular weight is 173 g/mol. The van der Waals surface area contributed by atoms with E-state index in [-0.39, 0.29) is 6.42 Å². The van der Waals surface area contributed by atoms with Crippen LogP contribution in [0.2, 0.25) is 0 Å². The van der Waals surface area contributed by atoms with E-state index < -0.39 is 11.6 Å². The van der Waals surface area contributed by atoms with Gasteiger partial charge in [-0.1, -0.05) is 0 Å². The van der Waals surface area contributed by atoms with Crippen molar-refractivity contribution < 1.29 is 14.6 Å². The zero-order valence-corrected chi connectivity index (χ0v) is 7.54. The molecule has 4 heteroatoms. The lowest BCUT2D eigenvalue weighted by Gasteiger charge is -2.25. The van der Waals surface area contributed by atoms with Gasteiger partial charge in [-0.15, -0.1) is 0 Å². The van der Waals surface area contributed by atoms with E-state index in [2.05, 4.69) is 4.90 Å². The minimum Gasteiger partial charge on any atom is -0.481 e. The SMILES string of the molecule is COC1(CC(=O)O)CCN(C)C1. The number of methoxy groups -OCH3 is 1. The molecule has 0 radical (unpaired) electrons. The summed E-state index contributed by atoms with van der Waals surface area (Å²) in [6.07, 6.45) is 0.917. The molecule has 0 spiro atoms. The molecule has 0 aromatic carbocycles. The fraction of sp³-hybridized carbons (Fsp3) is 0.875. The van der Waals surface area contributed by atoms with Crippen LogP contribution in [0.1, 0.15) is 12.8 Å². The lowest BCUT2D eigenvalue weighted by atomic mass is 9.99. The van der Waals surface area contributed by atoms with E-state index in [4.69, 9.17) is 9.84 Å². The summed E-state index contributed by atoms with van der Waals surface area (Å²) in [5.41, 5.74) is -0.444. The Hall–Kier alpha value is -0.610. The van der Waals surface area contributed by atoms with Crippen LogP contribution in [0.15, 0.2) is 0 Å². The second kappa shape index (κ2) is 3.41. The molecule has 0 aromatic heterocycles. The monoisotopic (exact) mass is 173 g/mol. The van der Waals surface area contributed by atoms with Crippen molar-refractivity contribution in [3.05, 3.63) is 0 Å². The number of ether oxygens (including phenoxy) is 1. The molecule has 1 N–H and O–H groups in total. The van der Waals surface area contributed by atoms with Gasteiger partial charge in [-0.25, -0.2) is 0 Å². The lowest BCUT2D eigenvalue weighted by molar-refractivity contribution is -0.143. The van der Waals surface area contributed by atoms with Crippen molar-refractivity contribution in [3.63, 3.8) is 0 Å². The van der Waals surface area contributed by atoms with E-state index in [1.807, 2.05) is 7.05 Å². The Morgan fingerprint density at radius 2 is 2.42 bits per heavy atom. The highest BCUT2D eigenvalue weighted by Crippen LogP contribution is 2.27. The number of carboxylic acid groups (broad SMARTS) is 1. The largest absolute Gasteiger partial charge is 0.481 e. The highest BCUT2D eigenvalue weighted by Gasteiger charge is 2.38. The van der Waals surface area contributed by atoms with Gasteiger partial charge in [0.1, 0.15) is 0 Å². The first-order valence-corrected chi connectivity index (χ1v) is 4.03. The van der Waals surface area contributed by atoms with Crippen molar-refractivity contribution in [3.8, 4) is 0 Å². The Bertz CT molecular complexity index is 183. The molecular weight excluding hydrogens is 158 g/mol. The van der Waals surface area contributed by atoms with Crippen molar-refractivity contribution in [2.75, 3.05) is 27.2 Å². The summed E-state index contributed by atoms with van der Waals surface area (Å²) in [4.78, 5) is 12.6. The van der Waals surface area contributed by atoms with Crippen LogP contribution in [-0.2, 0) is 9.53 Å². The Morgan fingerprint density at radius 1 is 1.75 bits per heavy atom. The summed E-state index contributed by atoms with van der Waals surface area (Å²) in [6.45, 7) is 1.64. The smallest absolute Gasteiger partial charge is 0.306 e. The first-order valence-electron chi connectivity index (χ1n) is 4.03. The highest BCUT2D eigenvalue weighted by atomic mass is 16.5. The third kappa shape index (κ3) is 1.95. The van der Waals surface area contributed by atoms with Crippen molar-refractivity contribution in [2.45, 2.75) is 18.4 Å². The van der Waals surface area contributed by atoms with E-state index in [0.29, 0.717) is 0 Å². The zero-order chi connectivity index (χ0) is 9.19. The van der Waals surface area contributed by atoms with Gasteiger partial charge in [-0.3, -0.25) is 4.79 Å². The molecule has 1 aliphatic rings. The third-order valence-electron chi connectivity index (χ3n) is 2.41. The molecule has 1 unspecified atom stereocenters. The molecule has 1 heterocycles. The summed E-state index contributed by atoms with van der Waals surface area (Å²) in [7, 11) is 3.56. The topological polar surface area (TPSA) is 49.8 Å². The average Bonchev–Trinajstić information content (AvgIpc) is 2.32. The van der Waals surface area contributed by atoms with Gasteiger partial charge in [-0.05, 0) is 13.5 Å². The van der Waals surface area contributed by atoms with Gasteiger partial charge < -0.3 is 14.7 Å². The molecule has 4 nitrogen and oxygen atoms in total. The van der Waals surface area contributed by atoms with E-state index in [1.165, 1.54) is 0 Å². The lowest BCUT2D eigenvalue weighted by Crippen LogP contribution is -2.36. The highest BCUT2D eigenvalue weighted by molar-refractivity contribution is 5.68. The molecule has 1 fully saturated rings. The van der Waals surface area contributed by atoms with Gasteiger partial charge in [0.15, 0.2) is 0 Å². The van der Waals surface area contributed by atoms with Gasteiger partial charge in [0, 0.05) is 20.2 Å². The first-order chi connectivity index (χ1) is 5.58. The number of aliphatic carboxylic acids is 1. The van der Waals surface area contributed by atoms with Crippen molar-refractivity contribution in [1.82, 2.24) is 4.90 Å². The number of hydrogen-bond donors (Lipinski definition) is 1. The van der Waals surface area contributed by atoms with Gasteiger partial charge >= 0.3 is 5.97 Å². The van der Waals surface area contributed by atoms with Crippen molar-refractivity contribution >= 4 is 5.97 Å². The quantitative estimate of drug-likeness (QED) is 0.661. The van der Waals surface area contributed by atoms with Crippen LogP contribution < -0.4 is 0 Å². The molecule has 0 bridgehead atoms. The molecule has 12 heavy (non-hydrogen) atoms. The Labute approximate surface area is 72.1 Å². The van der Waals surface area contributed by atoms with Crippen molar-refractivity contribution in [1.29, 1.82) is 0 Å². The Kier molecular flexibility index (Phi) is 2.69. The number of hydrogen-bond acceptors (Lipinski definition) is 3. The molecule has 1 rings (SSSR count). The van der Waals surface area contributed by atoms with Crippen LogP contribution in [-0.4, -0.2) is 48.8 Å². The summed E-state index contributed by atoms with van der Waals surface area (Å²) in [5.74, 6) is -0.785. The van der Waals surface area contributed by atoms with Crippen LogP contribution in [0.4, 0.5) is 0 Å². The number of likely N-dealkylation sites (N-methyl/N-ethyl adjacent to an activating group) is 1. The molecule has 1 aliphatic heterocycles. The number of likely N-dealkylation sites (tertiary alicyclic amines) is 1. The standard InChI is InChI=1S/C8H15NO3/c1-9-4-3-8(6-9,12-2)5-7(10)11/h3-6H2,1-2H3,(H,10,11). The fourth-order valence-corrected chi connectivity index (χ4v) is 1.70. The zero-order valence-electron chi connectivity index (χ0n) is 7.54. The Morgan fingerprint density at radius 3 is 2.75 bits per heavy atom. The van der Waals surface area contributed by atoms with E-state index in [9.17, 15) is 4.79 Å². The van der Waals surface area contributed by atoms with Crippen LogP contribution in [0, 0.1) is 0 Å². The first kappa shape index (κ1) is 9.48. The third-order valence-corrected chi connectivity index (χ3v) is 2.41. The summed E-state index contributed by atoms with van der Waals surface area (Å²) in [5, 5.41) is 8.66. The molecule has 0 aromatic rings. The molecule has 1 atom stereocenters. The Balaban J connectivity index is 2.58. The van der Waals surface area contributed by atoms with Crippen LogP contribution in [0.5, 0.6) is 0 Å². The number of nitrogens with zero attached hydrogens (tertiary/aromatic N) is 1. The predicted octanol–water partition coefficient (Wildman–Crippen LogP) is 0.182. The number of rotatable bonds is 3. The minimum atomic E-state index is -0.785. The maximum absolute atomic E-state index is 10.5. The van der Waals surface area contributed by atoms with Gasteiger partial charge in [0.25, 0.3) is 0 Å². The molecule has 1 saturated heterocycles. The second-order valence-corrected chi connectivity index (χ2v) is 3.45. The molecule has 0 aliphatic carbocycles. The second-order valence-electron chi connectivity index (χ2n) is 3.45. The number of carboxylic acids is 1. The fourth-order valence-electron chi connectivity index (χ4n) is 1.70. The summed E-state index contributed by atoms with van der Waals surface area (Å²) in [6, 6.07) is 0. The van der Waals surface area contributed by atoms with Gasteiger partial charge in [0.05, 0.1) is 12.0 Å². The predicted molar refractivity (Wildman–Crippen MR) is 44.1 cm³/mol. The van der Waals surface area contributed by atoms with Crippen LogP contribution in [0.3, 0.4) is 0 Å². The summed E-state index contributed by atoms with van der Waals surface area (Å²) < 4.78 is 5.26. The van der Waals surface area contributed by atoms with E-state index >= 15 is 0 Å². The molecule has 70 valence electrons. The normalized spacial score (nSPS) is 30.8. The van der Waals surface area contributed by atoms with E-state index in [1.54, 1.807) is 7.11 Å². The molecule has 0 amide bonds. The number of carbonyl (C=O) groups is 1. The molecular formula is C8H15NO3. The van der Waals surface area contributed by atoms with Crippen molar-refractivity contribution in [2.24, 2.45) is 0 Å². The van der Waals surface area contributed by atoms with Gasteiger partial charge in [-0.2, -0.15) is 0 Å². The van der Waals surface area contributed by atoms with Crippen LogP contribution in [0.25, 0.3) is 0 Å². The maximum Gasteiger partial charge on any atom is 0.306 e. The minimum absolute atomic E-state index is 0.105. The molecule has 0 saturated carbocycles. The van der Waals surface area contributed by atoms with Gasteiger partial charge in [0.2, 0.25) is 0 Å².